The Hall–Kier alpha value is -2.00. The number of nitroso groups, excluding NO2 is 1. The second-order valence-electron chi connectivity index (χ2n) is 4.53. The van der Waals surface area contributed by atoms with E-state index in [-0.39, 0.29) is 0 Å². The normalized spacial score (nSPS) is 10.6. The zero-order chi connectivity index (χ0) is 13.3. The molecular weight excluding hydrogens is 236 g/mol. The standard InChI is InChI=1S/C16H18N2O/c19-17-11-12-18(13-15-7-3-1-4-8-15)14-16-9-5-2-6-10-16/h1-10H,11-14H2. The van der Waals surface area contributed by atoms with Crippen LogP contribution < -0.4 is 0 Å². The first-order chi connectivity index (χ1) is 9.38. The van der Waals surface area contributed by atoms with Crippen molar-refractivity contribution < 1.29 is 0 Å². The Labute approximate surface area is 113 Å². The fourth-order valence-electron chi connectivity index (χ4n) is 2.08. The Morgan fingerprint density at radius 1 is 0.789 bits per heavy atom. The van der Waals surface area contributed by atoms with Crippen LogP contribution in [-0.2, 0) is 13.1 Å². The van der Waals surface area contributed by atoms with Gasteiger partial charge in [0.1, 0.15) is 0 Å². The molecule has 0 atom stereocenters. The molecule has 0 amide bonds. The van der Waals surface area contributed by atoms with Gasteiger partial charge in [0.2, 0.25) is 0 Å². The molecule has 3 heteroatoms. The number of rotatable bonds is 7. The van der Waals surface area contributed by atoms with E-state index in [0.29, 0.717) is 13.1 Å². The maximum atomic E-state index is 10.3. The highest BCUT2D eigenvalue weighted by Crippen LogP contribution is 2.09. The Bertz CT molecular complexity index is 443. The lowest BCUT2D eigenvalue weighted by Crippen LogP contribution is -2.25. The van der Waals surface area contributed by atoms with Crippen LogP contribution in [0.1, 0.15) is 11.1 Å². The SMILES string of the molecule is O=NCCN(Cc1ccccc1)Cc1ccccc1. The number of hydrogen-bond donors (Lipinski definition) is 0. The summed E-state index contributed by atoms with van der Waals surface area (Å²) in [5, 5.41) is 2.97. The minimum Gasteiger partial charge on any atom is -0.293 e. The van der Waals surface area contributed by atoms with Crippen molar-refractivity contribution in [2.75, 3.05) is 13.1 Å². The van der Waals surface area contributed by atoms with E-state index in [1.54, 1.807) is 0 Å². The second-order valence-corrected chi connectivity index (χ2v) is 4.53. The molecule has 0 aromatic heterocycles. The molecule has 2 aromatic carbocycles. The summed E-state index contributed by atoms with van der Waals surface area (Å²) in [5.41, 5.74) is 2.51. The molecule has 19 heavy (non-hydrogen) atoms. The third kappa shape index (κ3) is 4.64. The van der Waals surface area contributed by atoms with Crippen molar-refractivity contribution >= 4 is 0 Å². The van der Waals surface area contributed by atoms with Crippen LogP contribution in [0.2, 0.25) is 0 Å². The molecule has 0 aliphatic heterocycles. The molecule has 0 saturated carbocycles. The molecule has 3 nitrogen and oxygen atoms in total. The van der Waals surface area contributed by atoms with Crippen LogP contribution in [0.25, 0.3) is 0 Å². The highest BCUT2D eigenvalue weighted by atomic mass is 16.3. The molecule has 0 unspecified atom stereocenters. The van der Waals surface area contributed by atoms with Gasteiger partial charge in [0.15, 0.2) is 0 Å². The van der Waals surface area contributed by atoms with Crippen molar-refractivity contribution in [2.24, 2.45) is 5.18 Å². The van der Waals surface area contributed by atoms with E-state index in [1.165, 1.54) is 11.1 Å². The molecule has 0 N–H and O–H groups in total. The van der Waals surface area contributed by atoms with Gasteiger partial charge in [0.25, 0.3) is 0 Å². The highest BCUT2D eigenvalue weighted by molar-refractivity contribution is 5.17. The van der Waals surface area contributed by atoms with E-state index in [4.69, 9.17) is 0 Å². The van der Waals surface area contributed by atoms with Gasteiger partial charge in [-0.05, 0) is 11.1 Å². The predicted molar refractivity (Wildman–Crippen MR) is 77.7 cm³/mol. The summed E-state index contributed by atoms with van der Waals surface area (Å²) >= 11 is 0. The van der Waals surface area contributed by atoms with Gasteiger partial charge in [0, 0.05) is 19.6 Å². The Morgan fingerprint density at radius 2 is 1.26 bits per heavy atom. The maximum absolute atomic E-state index is 10.3. The summed E-state index contributed by atoms with van der Waals surface area (Å²) in [6.07, 6.45) is 0. The minimum atomic E-state index is 0.333. The van der Waals surface area contributed by atoms with Gasteiger partial charge < -0.3 is 0 Å². The Kier molecular flexibility index (Phi) is 5.26. The molecule has 2 rings (SSSR count). The summed E-state index contributed by atoms with van der Waals surface area (Å²) < 4.78 is 0. The molecule has 0 saturated heterocycles. The fraction of sp³-hybridized carbons (Fsp3) is 0.250. The zero-order valence-corrected chi connectivity index (χ0v) is 10.9. The largest absolute Gasteiger partial charge is 0.293 e. The second kappa shape index (κ2) is 7.44. The van der Waals surface area contributed by atoms with Crippen LogP contribution in [0.4, 0.5) is 0 Å². The van der Waals surface area contributed by atoms with Gasteiger partial charge in [-0.3, -0.25) is 4.90 Å². The lowest BCUT2D eigenvalue weighted by atomic mass is 10.1. The van der Waals surface area contributed by atoms with Gasteiger partial charge >= 0.3 is 0 Å². The smallest absolute Gasteiger partial charge is 0.0938 e. The third-order valence-electron chi connectivity index (χ3n) is 3.01. The van der Waals surface area contributed by atoms with E-state index >= 15 is 0 Å². The van der Waals surface area contributed by atoms with Gasteiger partial charge in [-0.2, -0.15) is 4.91 Å². The van der Waals surface area contributed by atoms with Crippen molar-refractivity contribution in [1.82, 2.24) is 4.90 Å². The average Bonchev–Trinajstić information content (AvgIpc) is 2.47. The lowest BCUT2D eigenvalue weighted by Gasteiger charge is -2.21. The van der Waals surface area contributed by atoms with Crippen molar-refractivity contribution in [1.29, 1.82) is 0 Å². The molecule has 0 fully saturated rings. The minimum absolute atomic E-state index is 0.333. The summed E-state index contributed by atoms with van der Waals surface area (Å²) in [4.78, 5) is 12.6. The first-order valence-corrected chi connectivity index (χ1v) is 6.48. The van der Waals surface area contributed by atoms with Crippen LogP contribution in [-0.4, -0.2) is 18.0 Å². The molecule has 0 heterocycles. The fourth-order valence-corrected chi connectivity index (χ4v) is 2.08. The third-order valence-corrected chi connectivity index (χ3v) is 3.01. The highest BCUT2D eigenvalue weighted by Gasteiger charge is 2.06. The van der Waals surface area contributed by atoms with E-state index in [1.807, 2.05) is 36.4 Å². The molecule has 0 radical (unpaired) electrons. The van der Waals surface area contributed by atoms with Crippen LogP contribution >= 0.6 is 0 Å². The molecule has 98 valence electrons. The van der Waals surface area contributed by atoms with E-state index in [0.717, 1.165) is 13.1 Å². The van der Waals surface area contributed by atoms with Crippen LogP contribution in [0, 0.1) is 4.91 Å². The summed E-state index contributed by atoms with van der Waals surface area (Å²) in [5.74, 6) is 0. The summed E-state index contributed by atoms with van der Waals surface area (Å²) in [6.45, 7) is 2.70. The van der Waals surface area contributed by atoms with Crippen molar-refractivity contribution in [3.05, 3.63) is 76.7 Å². The Balaban J connectivity index is 2.01. The quantitative estimate of drug-likeness (QED) is 0.709. The van der Waals surface area contributed by atoms with Crippen molar-refractivity contribution in [2.45, 2.75) is 13.1 Å². The zero-order valence-electron chi connectivity index (χ0n) is 10.9. The summed E-state index contributed by atoms with van der Waals surface area (Å²) in [6, 6.07) is 20.6. The first kappa shape index (κ1) is 13.4. The van der Waals surface area contributed by atoms with Gasteiger partial charge in [-0.25, -0.2) is 0 Å². The van der Waals surface area contributed by atoms with Crippen LogP contribution in [0.15, 0.2) is 65.8 Å². The lowest BCUT2D eigenvalue weighted by molar-refractivity contribution is 0.264. The van der Waals surface area contributed by atoms with Crippen LogP contribution in [0.3, 0.4) is 0 Å². The van der Waals surface area contributed by atoms with E-state index < -0.39 is 0 Å². The summed E-state index contributed by atoms with van der Waals surface area (Å²) in [7, 11) is 0. The number of benzene rings is 2. The molecule has 0 aliphatic carbocycles. The van der Waals surface area contributed by atoms with Gasteiger partial charge in [0.05, 0.1) is 6.54 Å². The monoisotopic (exact) mass is 254 g/mol. The average molecular weight is 254 g/mol. The maximum Gasteiger partial charge on any atom is 0.0938 e. The van der Waals surface area contributed by atoms with E-state index in [2.05, 4.69) is 34.3 Å². The first-order valence-electron chi connectivity index (χ1n) is 6.48. The molecule has 2 aromatic rings. The van der Waals surface area contributed by atoms with Gasteiger partial charge in [-0.15, -0.1) is 0 Å². The topological polar surface area (TPSA) is 32.7 Å². The van der Waals surface area contributed by atoms with Gasteiger partial charge in [-0.1, -0.05) is 65.8 Å². The van der Waals surface area contributed by atoms with Crippen molar-refractivity contribution in [3.63, 3.8) is 0 Å². The molecule has 0 bridgehead atoms. The Morgan fingerprint density at radius 3 is 1.68 bits per heavy atom. The number of nitrogens with zero attached hydrogens (tertiary/aromatic N) is 2. The molecule has 0 aliphatic rings. The molecular formula is C16H18N2O. The number of hydrogen-bond acceptors (Lipinski definition) is 3. The van der Waals surface area contributed by atoms with Crippen molar-refractivity contribution in [3.8, 4) is 0 Å². The van der Waals surface area contributed by atoms with Crippen LogP contribution in [0.5, 0.6) is 0 Å². The predicted octanol–water partition coefficient (Wildman–Crippen LogP) is 3.46. The molecule has 0 spiro atoms. The van der Waals surface area contributed by atoms with E-state index in [9.17, 15) is 4.91 Å².